The summed E-state index contributed by atoms with van der Waals surface area (Å²) in [5.41, 5.74) is 0.734. The van der Waals surface area contributed by atoms with Gasteiger partial charge < -0.3 is 10.2 Å². The number of amides is 1. The molecule has 1 aromatic rings. The summed E-state index contributed by atoms with van der Waals surface area (Å²) < 4.78 is 0. The van der Waals surface area contributed by atoms with E-state index in [0.29, 0.717) is 17.7 Å². The molecule has 1 aromatic carbocycles. The van der Waals surface area contributed by atoms with Gasteiger partial charge in [-0.05, 0) is 26.1 Å². The lowest BCUT2D eigenvalue weighted by Gasteiger charge is -2.18. The minimum Gasteiger partial charge on any atom is -0.351 e. The minimum atomic E-state index is -0.470. The molecule has 6 heteroatoms. The molecule has 0 unspecified atom stereocenters. The number of likely N-dealkylation sites (N-methyl/N-ethyl adjacent to an activating group) is 1. The Hall–Kier alpha value is -1.95. The number of nitrogens with zero attached hydrogens (tertiary/aromatic N) is 2. The van der Waals surface area contributed by atoms with E-state index >= 15 is 0 Å². The molecule has 0 aliphatic heterocycles. The first kappa shape index (κ1) is 16.1. The van der Waals surface area contributed by atoms with Gasteiger partial charge in [-0.25, -0.2) is 0 Å². The lowest BCUT2D eigenvalue weighted by molar-refractivity contribution is -0.385. The van der Waals surface area contributed by atoms with E-state index in [1.165, 1.54) is 12.1 Å². The smallest absolute Gasteiger partial charge is 0.273 e. The molecular weight excluding hydrogens is 258 g/mol. The summed E-state index contributed by atoms with van der Waals surface area (Å²) in [5.74, 6) is -0.265. The molecule has 0 radical (unpaired) electrons. The average molecular weight is 279 g/mol. The fraction of sp³-hybridized carbons (Fsp3) is 0.500. The first-order valence-electron chi connectivity index (χ1n) is 6.75. The Morgan fingerprint density at radius 1 is 1.35 bits per heavy atom. The third-order valence-electron chi connectivity index (χ3n) is 3.35. The molecule has 0 saturated carbocycles. The number of carbonyl (C=O) groups excluding carboxylic acids is 1. The van der Waals surface area contributed by atoms with Crippen LogP contribution in [0.1, 0.15) is 29.8 Å². The number of nitrogens with one attached hydrogen (secondary N) is 1. The van der Waals surface area contributed by atoms with Gasteiger partial charge >= 0.3 is 0 Å². The second-order valence-electron chi connectivity index (χ2n) is 4.49. The van der Waals surface area contributed by atoms with E-state index in [1.54, 1.807) is 13.0 Å². The van der Waals surface area contributed by atoms with Crippen LogP contribution >= 0.6 is 0 Å². The third-order valence-corrected chi connectivity index (χ3v) is 3.35. The van der Waals surface area contributed by atoms with E-state index in [1.807, 2.05) is 0 Å². The van der Waals surface area contributed by atoms with E-state index in [2.05, 4.69) is 24.1 Å². The van der Waals surface area contributed by atoms with Crippen LogP contribution in [-0.2, 0) is 0 Å². The monoisotopic (exact) mass is 279 g/mol. The third kappa shape index (κ3) is 4.03. The second kappa shape index (κ2) is 7.59. The Kier molecular flexibility index (Phi) is 6.11. The molecule has 0 atom stereocenters. The normalized spacial score (nSPS) is 10.6. The maximum Gasteiger partial charge on any atom is 0.273 e. The van der Waals surface area contributed by atoms with Gasteiger partial charge in [-0.15, -0.1) is 0 Å². The second-order valence-corrected chi connectivity index (χ2v) is 4.49. The van der Waals surface area contributed by atoms with Crippen molar-refractivity contribution in [2.45, 2.75) is 20.8 Å². The van der Waals surface area contributed by atoms with Crippen LogP contribution in [0.5, 0.6) is 0 Å². The van der Waals surface area contributed by atoms with E-state index in [0.717, 1.165) is 19.6 Å². The van der Waals surface area contributed by atoms with Gasteiger partial charge in [0, 0.05) is 30.3 Å². The number of hydrogen-bond acceptors (Lipinski definition) is 4. The molecule has 0 heterocycles. The quantitative estimate of drug-likeness (QED) is 0.611. The highest BCUT2D eigenvalue weighted by Gasteiger charge is 2.17. The van der Waals surface area contributed by atoms with Gasteiger partial charge in [0.05, 0.1) is 4.92 Å². The van der Waals surface area contributed by atoms with Crippen LogP contribution in [0.25, 0.3) is 0 Å². The molecule has 1 rings (SSSR count). The summed E-state index contributed by atoms with van der Waals surface area (Å²) in [5, 5.41) is 13.6. The highest BCUT2D eigenvalue weighted by atomic mass is 16.6. The first-order valence-corrected chi connectivity index (χ1v) is 6.75. The first-order chi connectivity index (χ1) is 9.51. The fourth-order valence-corrected chi connectivity index (χ4v) is 2.03. The van der Waals surface area contributed by atoms with E-state index in [-0.39, 0.29) is 11.6 Å². The maximum absolute atomic E-state index is 12.0. The van der Waals surface area contributed by atoms with Crippen LogP contribution in [0.3, 0.4) is 0 Å². The molecule has 0 aromatic heterocycles. The number of rotatable bonds is 7. The molecule has 110 valence electrons. The van der Waals surface area contributed by atoms with Gasteiger partial charge in [0.2, 0.25) is 0 Å². The summed E-state index contributed by atoms with van der Waals surface area (Å²) >= 11 is 0. The van der Waals surface area contributed by atoms with Crippen molar-refractivity contribution in [2.75, 3.05) is 26.2 Å². The summed E-state index contributed by atoms with van der Waals surface area (Å²) in [6.07, 6.45) is 0. The largest absolute Gasteiger partial charge is 0.351 e. The van der Waals surface area contributed by atoms with Crippen LogP contribution in [0, 0.1) is 17.0 Å². The molecule has 0 saturated heterocycles. The highest BCUT2D eigenvalue weighted by Crippen LogP contribution is 2.20. The zero-order valence-corrected chi connectivity index (χ0v) is 12.2. The number of benzene rings is 1. The van der Waals surface area contributed by atoms with Gasteiger partial charge in [0.1, 0.15) is 0 Å². The highest BCUT2D eigenvalue weighted by molar-refractivity contribution is 5.96. The van der Waals surface area contributed by atoms with E-state index in [9.17, 15) is 14.9 Å². The summed E-state index contributed by atoms with van der Waals surface area (Å²) in [6, 6.07) is 4.54. The SMILES string of the molecule is CCN(CC)CCNC(=O)c1cccc([N+](=O)[O-])c1C. The van der Waals surface area contributed by atoms with Crippen LogP contribution < -0.4 is 5.32 Å². The maximum atomic E-state index is 12.0. The van der Waals surface area contributed by atoms with Crippen molar-refractivity contribution in [3.8, 4) is 0 Å². The van der Waals surface area contributed by atoms with Crippen LogP contribution in [0.15, 0.2) is 18.2 Å². The summed E-state index contributed by atoms with van der Waals surface area (Å²) in [4.78, 5) is 24.6. The van der Waals surface area contributed by atoms with Crippen molar-refractivity contribution >= 4 is 11.6 Å². The zero-order valence-electron chi connectivity index (χ0n) is 12.2. The molecule has 1 amide bonds. The van der Waals surface area contributed by atoms with Gasteiger partial charge in [0.25, 0.3) is 11.6 Å². The zero-order chi connectivity index (χ0) is 15.1. The molecular formula is C14H21N3O3. The average Bonchev–Trinajstić information content (AvgIpc) is 2.43. The molecule has 0 aliphatic rings. The Balaban J connectivity index is 2.69. The molecule has 0 fully saturated rings. The lowest BCUT2D eigenvalue weighted by atomic mass is 10.1. The summed E-state index contributed by atoms with van der Waals surface area (Å²) in [7, 11) is 0. The number of carbonyl (C=O) groups is 1. The Bertz CT molecular complexity index is 485. The van der Waals surface area contributed by atoms with Crippen molar-refractivity contribution in [1.82, 2.24) is 10.2 Å². The predicted octanol–water partition coefficient (Wildman–Crippen LogP) is 1.97. The minimum absolute atomic E-state index is 0.0265. The van der Waals surface area contributed by atoms with Crippen molar-refractivity contribution < 1.29 is 9.72 Å². The Labute approximate surface area is 118 Å². The standard InChI is InChI=1S/C14H21N3O3/c1-4-16(5-2)10-9-15-14(18)12-7-6-8-13(11(12)3)17(19)20/h6-8H,4-5,9-10H2,1-3H3,(H,15,18). The lowest BCUT2D eigenvalue weighted by Crippen LogP contribution is -2.35. The van der Waals surface area contributed by atoms with Crippen LogP contribution in [0.2, 0.25) is 0 Å². The molecule has 1 N–H and O–H groups in total. The predicted molar refractivity (Wildman–Crippen MR) is 78.0 cm³/mol. The molecule has 0 aliphatic carbocycles. The number of nitro benzene ring substituents is 1. The van der Waals surface area contributed by atoms with E-state index < -0.39 is 4.92 Å². The van der Waals surface area contributed by atoms with E-state index in [4.69, 9.17) is 0 Å². The molecule has 6 nitrogen and oxygen atoms in total. The Morgan fingerprint density at radius 2 is 2.00 bits per heavy atom. The molecule has 20 heavy (non-hydrogen) atoms. The number of hydrogen-bond donors (Lipinski definition) is 1. The van der Waals surface area contributed by atoms with Crippen molar-refractivity contribution in [3.05, 3.63) is 39.4 Å². The molecule has 0 bridgehead atoms. The van der Waals surface area contributed by atoms with Crippen molar-refractivity contribution in [3.63, 3.8) is 0 Å². The number of nitro groups is 1. The fourth-order valence-electron chi connectivity index (χ4n) is 2.03. The van der Waals surface area contributed by atoms with Crippen molar-refractivity contribution in [1.29, 1.82) is 0 Å². The van der Waals surface area contributed by atoms with Gasteiger partial charge in [-0.3, -0.25) is 14.9 Å². The van der Waals surface area contributed by atoms with Crippen LogP contribution in [0.4, 0.5) is 5.69 Å². The molecule has 0 spiro atoms. The summed E-state index contributed by atoms with van der Waals surface area (Å²) in [6.45, 7) is 8.89. The topological polar surface area (TPSA) is 75.5 Å². The van der Waals surface area contributed by atoms with Gasteiger partial charge in [-0.2, -0.15) is 0 Å². The Morgan fingerprint density at radius 3 is 2.55 bits per heavy atom. The van der Waals surface area contributed by atoms with Gasteiger partial charge in [0.15, 0.2) is 0 Å². The van der Waals surface area contributed by atoms with Gasteiger partial charge in [-0.1, -0.05) is 19.9 Å². The van der Waals surface area contributed by atoms with Crippen molar-refractivity contribution in [2.24, 2.45) is 0 Å². The van der Waals surface area contributed by atoms with Crippen LogP contribution in [-0.4, -0.2) is 41.9 Å².